The number of urea groups is 1. The zero-order valence-corrected chi connectivity index (χ0v) is 18.0. The standard InChI is InChI=1S/C21H20F2N2O6S/c1-3-29-19(27)16-14(24-21(28)25-17(16)15-9-4-11(2)31-15)10-30-18(26)12-5-7-13(8-6-12)32-20(22)23/h4-9,17,20H,3,10H2,1-2H3,(H2,24,25,28). The molecular weight excluding hydrogens is 446 g/mol. The Kier molecular flexibility index (Phi) is 7.52. The number of hydrogen-bond donors (Lipinski definition) is 2. The van der Waals surface area contributed by atoms with Gasteiger partial charge in [-0.2, -0.15) is 8.78 Å². The Morgan fingerprint density at radius 2 is 1.84 bits per heavy atom. The number of thioether (sulfide) groups is 1. The number of carbonyl (C=O) groups is 3. The van der Waals surface area contributed by atoms with Gasteiger partial charge in [0.05, 0.1) is 23.4 Å². The minimum atomic E-state index is -2.57. The zero-order chi connectivity index (χ0) is 23.3. The molecule has 11 heteroatoms. The van der Waals surface area contributed by atoms with Crippen LogP contribution in [0.25, 0.3) is 0 Å². The van der Waals surface area contributed by atoms with E-state index in [2.05, 4.69) is 10.6 Å². The summed E-state index contributed by atoms with van der Waals surface area (Å²) in [5.74, 6) is -3.14. The second-order valence-electron chi connectivity index (χ2n) is 6.57. The molecule has 0 spiro atoms. The summed E-state index contributed by atoms with van der Waals surface area (Å²) in [7, 11) is 0. The predicted octanol–water partition coefficient (Wildman–Crippen LogP) is 3.93. The van der Waals surface area contributed by atoms with Crippen molar-refractivity contribution in [1.82, 2.24) is 10.6 Å². The molecule has 0 bridgehead atoms. The van der Waals surface area contributed by atoms with Crippen LogP contribution in [0, 0.1) is 6.92 Å². The van der Waals surface area contributed by atoms with Crippen LogP contribution in [0.5, 0.6) is 0 Å². The van der Waals surface area contributed by atoms with Gasteiger partial charge in [0, 0.05) is 4.90 Å². The Morgan fingerprint density at radius 1 is 1.12 bits per heavy atom. The van der Waals surface area contributed by atoms with Crippen LogP contribution in [0.15, 0.2) is 57.0 Å². The molecular formula is C21H20F2N2O6S. The van der Waals surface area contributed by atoms with Gasteiger partial charge in [-0.25, -0.2) is 14.4 Å². The SMILES string of the molecule is CCOC(=O)C1=C(COC(=O)c2ccc(SC(F)F)cc2)NC(=O)NC1c1ccc(C)o1. The predicted molar refractivity (Wildman–Crippen MR) is 110 cm³/mol. The number of alkyl halides is 2. The van der Waals surface area contributed by atoms with Gasteiger partial charge in [0.15, 0.2) is 0 Å². The molecule has 1 aliphatic heterocycles. The van der Waals surface area contributed by atoms with Crippen LogP contribution in [-0.2, 0) is 14.3 Å². The van der Waals surface area contributed by atoms with Gasteiger partial charge >= 0.3 is 18.0 Å². The molecule has 1 atom stereocenters. The molecule has 0 fully saturated rings. The summed E-state index contributed by atoms with van der Waals surface area (Å²) >= 11 is 0.355. The molecule has 1 aromatic heterocycles. The van der Waals surface area contributed by atoms with Crippen molar-refractivity contribution in [1.29, 1.82) is 0 Å². The van der Waals surface area contributed by atoms with Gasteiger partial charge in [-0.1, -0.05) is 11.8 Å². The summed E-state index contributed by atoms with van der Waals surface area (Å²) < 4.78 is 40.8. The van der Waals surface area contributed by atoms with Crippen LogP contribution < -0.4 is 10.6 Å². The molecule has 170 valence electrons. The largest absolute Gasteiger partial charge is 0.464 e. The second-order valence-corrected chi connectivity index (χ2v) is 7.64. The van der Waals surface area contributed by atoms with Crippen molar-refractivity contribution in [3.05, 3.63) is 64.8 Å². The number of benzene rings is 1. The van der Waals surface area contributed by atoms with Crippen LogP contribution in [-0.4, -0.2) is 36.9 Å². The van der Waals surface area contributed by atoms with Crippen LogP contribution in [0.4, 0.5) is 13.6 Å². The molecule has 2 heterocycles. The first-order valence-electron chi connectivity index (χ1n) is 9.54. The van der Waals surface area contributed by atoms with Crippen LogP contribution in [0.2, 0.25) is 0 Å². The number of nitrogens with one attached hydrogen (secondary N) is 2. The molecule has 1 aromatic carbocycles. The maximum Gasteiger partial charge on any atom is 0.338 e. The Hall–Kier alpha value is -3.34. The maximum absolute atomic E-state index is 12.6. The summed E-state index contributed by atoms with van der Waals surface area (Å²) in [6.07, 6.45) is 0. The van der Waals surface area contributed by atoms with E-state index in [1.54, 1.807) is 26.0 Å². The van der Waals surface area contributed by atoms with E-state index in [4.69, 9.17) is 13.9 Å². The number of esters is 2. The van der Waals surface area contributed by atoms with Crippen molar-refractivity contribution in [3.63, 3.8) is 0 Å². The second kappa shape index (κ2) is 10.3. The molecule has 1 unspecified atom stereocenters. The molecule has 3 rings (SSSR count). The molecule has 2 amide bonds. The summed E-state index contributed by atoms with van der Waals surface area (Å²) in [5, 5.41) is 5.07. The Morgan fingerprint density at radius 3 is 2.44 bits per heavy atom. The molecule has 0 radical (unpaired) electrons. The van der Waals surface area contributed by atoms with E-state index in [-0.39, 0.29) is 23.4 Å². The number of hydrogen-bond acceptors (Lipinski definition) is 7. The highest BCUT2D eigenvalue weighted by molar-refractivity contribution is 7.99. The van der Waals surface area contributed by atoms with Gasteiger partial charge in [0.1, 0.15) is 24.2 Å². The van der Waals surface area contributed by atoms with Crippen molar-refractivity contribution in [2.45, 2.75) is 30.5 Å². The quantitative estimate of drug-likeness (QED) is 0.448. The molecule has 0 saturated carbocycles. The highest BCUT2D eigenvalue weighted by Gasteiger charge is 2.36. The van der Waals surface area contributed by atoms with Crippen molar-refractivity contribution in [3.8, 4) is 0 Å². The molecule has 2 N–H and O–H groups in total. The lowest BCUT2D eigenvalue weighted by atomic mass is 10.0. The molecule has 1 aliphatic rings. The summed E-state index contributed by atoms with van der Waals surface area (Å²) in [5.41, 5.74) is 0.210. The number of furan rings is 1. The van der Waals surface area contributed by atoms with E-state index in [1.807, 2.05) is 0 Å². The van der Waals surface area contributed by atoms with Crippen molar-refractivity contribution in [2.75, 3.05) is 13.2 Å². The number of carbonyl (C=O) groups excluding carboxylic acids is 3. The number of halogens is 2. The Bertz CT molecular complexity index is 1040. The number of amides is 2. The average molecular weight is 466 g/mol. The smallest absolute Gasteiger partial charge is 0.338 e. The van der Waals surface area contributed by atoms with E-state index in [1.165, 1.54) is 24.3 Å². The highest BCUT2D eigenvalue weighted by atomic mass is 32.2. The topological polar surface area (TPSA) is 107 Å². The minimum Gasteiger partial charge on any atom is -0.464 e. The fraction of sp³-hybridized carbons (Fsp3) is 0.286. The lowest BCUT2D eigenvalue weighted by Crippen LogP contribution is -2.47. The Balaban J connectivity index is 1.82. The third-order valence-corrected chi connectivity index (χ3v) is 5.08. The third kappa shape index (κ3) is 5.67. The molecule has 32 heavy (non-hydrogen) atoms. The highest BCUT2D eigenvalue weighted by Crippen LogP contribution is 2.29. The fourth-order valence-corrected chi connectivity index (χ4v) is 3.50. The van der Waals surface area contributed by atoms with E-state index >= 15 is 0 Å². The summed E-state index contributed by atoms with van der Waals surface area (Å²) in [6.45, 7) is 3.02. The molecule has 0 saturated heterocycles. The van der Waals surface area contributed by atoms with Crippen LogP contribution in [0.1, 0.15) is 34.8 Å². The Labute approximate surface area is 186 Å². The first-order chi connectivity index (χ1) is 15.3. The number of rotatable bonds is 8. The number of aryl methyl sites for hydroxylation is 1. The van der Waals surface area contributed by atoms with Crippen LogP contribution in [0.3, 0.4) is 0 Å². The summed E-state index contributed by atoms with van der Waals surface area (Å²) in [4.78, 5) is 37.5. The lowest BCUT2D eigenvalue weighted by Gasteiger charge is -2.27. The van der Waals surface area contributed by atoms with Gasteiger partial charge in [-0.05, 0) is 50.2 Å². The van der Waals surface area contributed by atoms with Crippen molar-refractivity contribution < 1.29 is 37.1 Å². The van der Waals surface area contributed by atoms with Gasteiger partial charge in [0.2, 0.25) is 0 Å². The third-order valence-electron chi connectivity index (χ3n) is 4.36. The van der Waals surface area contributed by atoms with Crippen molar-refractivity contribution >= 4 is 29.7 Å². The zero-order valence-electron chi connectivity index (χ0n) is 17.1. The molecule has 2 aromatic rings. The van der Waals surface area contributed by atoms with Gasteiger partial charge in [0.25, 0.3) is 5.76 Å². The van der Waals surface area contributed by atoms with E-state index in [9.17, 15) is 23.2 Å². The molecule has 8 nitrogen and oxygen atoms in total. The van der Waals surface area contributed by atoms with E-state index < -0.39 is 36.4 Å². The van der Waals surface area contributed by atoms with Gasteiger partial charge < -0.3 is 24.5 Å². The summed E-state index contributed by atoms with van der Waals surface area (Å²) in [6, 6.07) is 7.20. The molecule has 0 aliphatic carbocycles. The van der Waals surface area contributed by atoms with E-state index in [0.717, 1.165) is 0 Å². The normalized spacial score (nSPS) is 15.9. The van der Waals surface area contributed by atoms with E-state index in [0.29, 0.717) is 28.2 Å². The van der Waals surface area contributed by atoms with Crippen molar-refractivity contribution in [2.24, 2.45) is 0 Å². The fourth-order valence-electron chi connectivity index (χ4n) is 3.00. The minimum absolute atomic E-state index is 0.0391. The maximum atomic E-state index is 12.6. The monoisotopic (exact) mass is 466 g/mol. The van der Waals surface area contributed by atoms with Crippen LogP contribution >= 0.6 is 11.8 Å². The van der Waals surface area contributed by atoms with Gasteiger partial charge in [-0.3, -0.25) is 0 Å². The first-order valence-corrected chi connectivity index (χ1v) is 10.4. The first kappa shape index (κ1) is 23.3. The average Bonchev–Trinajstić information content (AvgIpc) is 3.18. The number of ether oxygens (including phenoxy) is 2. The lowest BCUT2D eigenvalue weighted by molar-refractivity contribution is -0.139. The van der Waals surface area contributed by atoms with Gasteiger partial charge in [-0.15, -0.1) is 0 Å².